The highest BCUT2D eigenvalue weighted by Gasteiger charge is 2.23. The van der Waals surface area contributed by atoms with Crippen molar-refractivity contribution in [1.82, 2.24) is 0 Å². The number of hydrogen-bond acceptors (Lipinski definition) is 1. The minimum atomic E-state index is 0.0634. The average molecular weight is 231 g/mol. The van der Waals surface area contributed by atoms with Crippen molar-refractivity contribution in [2.45, 2.75) is 12.7 Å². The zero-order valence-corrected chi connectivity index (χ0v) is 9.45. The third-order valence-corrected chi connectivity index (χ3v) is 3.17. The molecule has 1 nitrogen and oxygen atoms in total. The SMILES string of the molecule is Clc1ccc(C2OCc3ccccc32)cc1. The van der Waals surface area contributed by atoms with Crippen molar-refractivity contribution in [2.24, 2.45) is 0 Å². The first kappa shape index (κ1) is 9.88. The van der Waals surface area contributed by atoms with Crippen LogP contribution in [-0.4, -0.2) is 0 Å². The van der Waals surface area contributed by atoms with Gasteiger partial charge in [0, 0.05) is 5.02 Å². The van der Waals surface area contributed by atoms with E-state index in [0.29, 0.717) is 6.61 Å². The summed E-state index contributed by atoms with van der Waals surface area (Å²) in [7, 11) is 0. The van der Waals surface area contributed by atoms with Crippen molar-refractivity contribution < 1.29 is 4.74 Å². The van der Waals surface area contributed by atoms with E-state index in [9.17, 15) is 0 Å². The molecule has 0 saturated heterocycles. The molecule has 2 heteroatoms. The maximum absolute atomic E-state index is 5.88. The number of ether oxygens (including phenoxy) is 1. The molecular weight excluding hydrogens is 220 g/mol. The second-order valence-corrected chi connectivity index (χ2v) is 4.38. The second-order valence-electron chi connectivity index (χ2n) is 3.94. The van der Waals surface area contributed by atoms with Crippen LogP contribution >= 0.6 is 11.6 Å². The third-order valence-electron chi connectivity index (χ3n) is 2.92. The molecule has 0 fully saturated rings. The van der Waals surface area contributed by atoms with Gasteiger partial charge >= 0.3 is 0 Å². The largest absolute Gasteiger partial charge is 0.364 e. The molecule has 3 rings (SSSR count). The fourth-order valence-corrected chi connectivity index (χ4v) is 2.22. The standard InChI is InChI=1S/C14H11ClO/c15-12-7-5-10(6-8-12)14-13-4-2-1-3-11(13)9-16-14/h1-8,14H,9H2. The number of rotatable bonds is 1. The molecule has 0 aromatic heterocycles. The minimum absolute atomic E-state index is 0.0634. The van der Waals surface area contributed by atoms with Gasteiger partial charge in [0.2, 0.25) is 0 Å². The van der Waals surface area contributed by atoms with E-state index < -0.39 is 0 Å². The molecule has 1 unspecified atom stereocenters. The summed E-state index contributed by atoms with van der Waals surface area (Å²) in [5, 5.41) is 0.759. The van der Waals surface area contributed by atoms with E-state index in [2.05, 4.69) is 18.2 Å². The van der Waals surface area contributed by atoms with E-state index in [0.717, 1.165) is 10.6 Å². The lowest BCUT2D eigenvalue weighted by molar-refractivity contribution is 0.0939. The zero-order valence-electron chi connectivity index (χ0n) is 8.69. The molecule has 1 atom stereocenters. The fourth-order valence-electron chi connectivity index (χ4n) is 2.10. The van der Waals surface area contributed by atoms with E-state index in [-0.39, 0.29) is 6.10 Å². The van der Waals surface area contributed by atoms with E-state index in [1.165, 1.54) is 11.1 Å². The first-order valence-electron chi connectivity index (χ1n) is 5.29. The van der Waals surface area contributed by atoms with Crippen molar-refractivity contribution in [2.75, 3.05) is 0 Å². The van der Waals surface area contributed by atoms with E-state index in [1.54, 1.807) is 0 Å². The molecule has 1 heterocycles. The van der Waals surface area contributed by atoms with Crippen LogP contribution in [0.5, 0.6) is 0 Å². The Labute approximate surface area is 99.6 Å². The Kier molecular flexibility index (Phi) is 2.43. The van der Waals surface area contributed by atoms with E-state index in [1.807, 2.05) is 30.3 Å². The van der Waals surface area contributed by atoms with Gasteiger partial charge in [0.25, 0.3) is 0 Å². The monoisotopic (exact) mass is 230 g/mol. The van der Waals surface area contributed by atoms with Gasteiger partial charge in [0.1, 0.15) is 6.10 Å². The molecule has 0 N–H and O–H groups in total. The number of halogens is 1. The van der Waals surface area contributed by atoms with Gasteiger partial charge in [-0.2, -0.15) is 0 Å². The van der Waals surface area contributed by atoms with Crippen LogP contribution in [0.4, 0.5) is 0 Å². The summed E-state index contributed by atoms with van der Waals surface area (Å²) in [5.41, 5.74) is 3.71. The molecule has 16 heavy (non-hydrogen) atoms. The Morgan fingerprint density at radius 1 is 1.00 bits per heavy atom. The van der Waals surface area contributed by atoms with Gasteiger partial charge < -0.3 is 4.74 Å². The lowest BCUT2D eigenvalue weighted by atomic mass is 10.00. The quantitative estimate of drug-likeness (QED) is 0.721. The van der Waals surface area contributed by atoms with E-state index in [4.69, 9.17) is 16.3 Å². The number of hydrogen-bond donors (Lipinski definition) is 0. The van der Waals surface area contributed by atoms with Crippen molar-refractivity contribution in [3.05, 3.63) is 70.2 Å². The summed E-state index contributed by atoms with van der Waals surface area (Å²) in [5.74, 6) is 0. The van der Waals surface area contributed by atoms with Gasteiger partial charge in [-0.15, -0.1) is 0 Å². The van der Waals surface area contributed by atoms with Crippen molar-refractivity contribution in [3.63, 3.8) is 0 Å². The fraction of sp³-hybridized carbons (Fsp3) is 0.143. The summed E-state index contributed by atoms with van der Waals surface area (Å²) in [6, 6.07) is 16.2. The van der Waals surface area contributed by atoms with Gasteiger partial charge in [0.15, 0.2) is 0 Å². The molecule has 1 aliphatic rings. The first-order valence-corrected chi connectivity index (χ1v) is 5.67. The Bertz CT molecular complexity index is 504. The summed E-state index contributed by atoms with van der Waals surface area (Å²) >= 11 is 5.88. The topological polar surface area (TPSA) is 9.23 Å². The summed E-state index contributed by atoms with van der Waals surface area (Å²) in [6.45, 7) is 0.698. The first-order chi connectivity index (χ1) is 7.84. The molecular formula is C14H11ClO. The summed E-state index contributed by atoms with van der Waals surface area (Å²) in [4.78, 5) is 0. The lowest BCUT2D eigenvalue weighted by Gasteiger charge is -2.11. The van der Waals surface area contributed by atoms with Crippen LogP contribution < -0.4 is 0 Å². The molecule has 0 saturated carbocycles. The summed E-state index contributed by atoms with van der Waals surface area (Å²) < 4.78 is 5.81. The average Bonchev–Trinajstić information content (AvgIpc) is 2.74. The van der Waals surface area contributed by atoms with Crippen molar-refractivity contribution >= 4 is 11.6 Å². The van der Waals surface area contributed by atoms with Crippen LogP contribution in [0.1, 0.15) is 22.8 Å². The maximum atomic E-state index is 5.88. The third kappa shape index (κ3) is 1.62. The van der Waals surface area contributed by atoms with Crippen molar-refractivity contribution in [3.8, 4) is 0 Å². The highest BCUT2D eigenvalue weighted by molar-refractivity contribution is 6.30. The molecule has 0 aliphatic carbocycles. The Morgan fingerprint density at radius 2 is 1.75 bits per heavy atom. The minimum Gasteiger partial charge on any atom is -0.364 e. The van der Waals surface area contributed by atoms with Crippen LogP contribution in [0.3, 0.4) is 0 Å². The smallest absolute Gasteiger partial charge is 0.108 e. The maximum Gasteiger partial charge on any atom is 0.108 e. The van der Waals surface area contributed by atoms with Gasteiger partial charge in [-0.1, -0.05) is 48.0 Å². The van der Waals surface area contributed by atoms with Crippen LogP contribution in [0, 0.1) is 0 Å². The molecule has 80 valence electrons. The second kappa shape index (κ2) is 3.93. The zero-order chi connectivity index (χ0) is 11.0. The van der Waals surface area contributed by atoms with Crippen LogP contribution in [0.25, 0.3) is 0 Å². The van der Waals surface area contributed by atoms with Gasteiger partial charge in [0.05, 0.1) is 6.61 Å². The normalized spacial score (nSPS) is 18.4. The number of fused-ring (bicyclic) bond motifs is 1. The van der Waals surface area contributed by atoms with Crippen molar-refractivity contribution in [1.29, 1.82) is 0 Å². The highest BCUT2D eigenvalue weighted by Crippen LogP contribution is 2.35. The Balaban J connectivity index is 2.01. The predicted octanol–water partition coefficient (Wildman–Crippen LogP) is 3.96. The Morgan fingerprint density at radius 3 is 2.56 bits per heavy atom. The molecule has 2 aromatic carbocycles. The van der Waals surface area contributed by atoms with E-state index >= 15 is 0 Å². The van der Waals surface area contributed by atoms with Gasteiger partial charge in [-0.25, -0.2) is 0 Å². The molecule has 2 aromatic rings. The van der Waals surface area contributed by atoms with Gasteiger partial charge in [-0.05, 0) is 28.8 Å². The highest BCUT2D eigenvalue weighted by atomic mass is 35.5. The molecule has 1 aliphatic heterocycles. The molecule has 0 spiro atoms. The molecule has 0 bridgehead atoms. The Hall–Kier alpha value is -1.31. The molecule has 0 amide bonds. The van der Waals surface area contributed by atoms with Crippen LogP contribution in [0.2, 0.25) is 5.02 Å². The predicted molar refractivity (Wildman–Crippen MR) is 64.5 cm³/mol. The van der Waals surface area contributed by atoms with Crippen LogP contribution in [-0.2, 0) is 11.3 Å². The lowest BCUT2D eigenvalue weighted by Crippen LogP contribution is -1.97. The van der Waals surface area contributed by atoms with Gasteiger partial charge in [-0.3, -0.25) is 0 Å². The summed E-state index contributed by atoms with van der Waals surface area (Å²) in [6.07, 6.45) is 0.0634. The van der Waals surface area contributed by atoms with Crippen LogP contribution in [0.15, 0.2) is 48.5 Å². The number of benzene rings is 2. The molecule has 0 radical (unpaired) electrons.